The second-order valence-electron chi connectivity index (χ2n) is 7.05. The zero-order valence-electron chi connectivity index (χ0n) is 17.2. The smallest absolute Gasteiger partial charge is 0.471 e. The van der Waals surface area contributed by atoms with Crippen LogP contribution < -0.4 is 10.1 Å². The van der Waals surface area contributed by atoms with Gasteiger partial charge < -0.3 is 15.2 Å². The summed E-state index contributed by atoms with van der Waals surface area (Å²) in [5.41, 5.74) is 1.43. The summed E-state index contributed by atoms with van der Waals surface area (Å²) in [5, 5.41) is 12.0. The first kappa shape index (κ1) is 24.1. The highest BCUT2D eigenvalue weighted by Crippen LogP contribution is 2.32. The molecule has 0 unspecified atom stereocenters. The van der Waals surface area contributed by atoms with Gasteiger partial charge in [0.2, 0.25) is 9.84 Å². The lowest BCUT2D eigenvalue weighted by molar-refractivity contribution is -0.173. The van der Waals surface area contributed by atoms with Crippen molar-refractivity contribution in [1.82, 2.24) is 5.32 Å². The van der Waals surface area contributed by atoms with E-state index in [0.29, 0.717) is 5.56 Å². The number of nitrogens with one attached hydrogen (secondary N) is 1. The molecule has 3 aromatic carbocycles. The van der Waals surface area contributed by atoms with Gasteiger partial charge in [-0.15, -0.1) is 0 Å². The van der Waals surface area contributed by atoms with Gasteiger partial charge in [-0.3, -0.25) is 4.79 Å². The molecule has 6 nitrogen and oxygen atoms in total. The topological polar surface area (TPSA) is 92.7 Å². The molecule has 1 amide bonds. The van der Waals surface area contributed by atoms with Crippen molar-refractivity contribution in [3.05, 3.63) is 83.9 Å². The zero-order chi connectivity index (χ0) is 24.1. The normalized spacial score (nSPS) is 11.7. The monoisotopic (exact) mass is 479 g/mol. The lowest BCUT2D eigenvalue weighted by Crippen LogP contribution is -2.37. The third kappa shape index (κ3) is 6.26. The van der Waals surface area contributed by atoms with Crippen LogP contribution in [0.4, 0.5) is 13.2 Å². The summed E-state index contributed by atoms with van der Waals surface area (Å²) >= 11 is 0. The van der Waals surface area contributed by atoms with E-state index in [4.69, 9.17) is 4.74 Å². The molecule has 0 spiro atoms. The Morgan fingerprint density at radius 1 is 0.909 bits per heavy atom. The Morgan fingerprint density at radius 2 is 1.55 bits per heavy atom. The summed E-state index contributed by atoms with van der Waals surface area (Å²) in [7, 11) is -3.95. The Labute approximate surface area is 188 Å². The number of sulfone groups is 1. The molecule has 3 rings (SSSR count). The minimum atomic E-state index is -4.95. The number of carbonyl (C=O) groups is 1. The van der Waals surface area contributed by atoms with Crippen LogP contribution >= 0.6 is 0 Å². The van der Waals surface area contributed by atoms with Crippen LogP contribution in [0.2, 0.25) is 0 Å². The Balaban J connectivity index is 1.65. The van der Waals surface area contributed by atoms with Gasteiger partial charge in [0, 0.05) is 12.6 Å². The molecular formula is C23H20F3NO5S. The van der Waals surface area contributed by atoms with Crippen molar-refractivity contribution in [1.29, 1.82) is 0 Å². The summed E-state index contributed by atoms with van der Waals surface area (Å²) < 4.78 is 67.8. The highest BCUT2D eigenvalue weighted by atomic mass is 32.2. The molecule has 0 atom stereocenters. The lowest BCUT2D eigenvalue weighted by atomic mass is 10.1. The van der Waals surface area contributed by atoms with Crippen molar-refractivity contribution in [3.8, 4) is 11.5 Å². The van der Waals surface area contributed by atoms with Gasteiger partial charge >= 0.3 is 12.1 Å². The maximum Gasteiger partial charge on any atom is 0.471 e. The van der Waals surface area contributed by atoms with Crippen molar-refractivity contribution in [2.75, 3.05) is 6.54 Å². The van der Waals surface area contributed by atoms with Crippen molar-refractivity contribution in [3.63, 3.8) is 0 Å². The van der Waals surface area contributed by atoms with Crippen molar-refractivity contribution < 1.29 is 36.2 Å². The van der Waals surface area contributed by atoms with E-state index in [-0.39, 0.29) is 40.9 Å². The zero-order valence-corrected chi connectivity index (χ0v) is 18.0. The number of phenols is 1. The number of halogens is 3. The number of benzene rings is 3. The number of rotatable bonds is 8. The van der Waals surface area contributed by atoms with Gasteiger partial charge in [0.1, 0.15) is 6.61 Å². The number of carbonyl (C=O) groups excluding carboxylic acids is 1. The van der Waals surface area contributed by atoms with E-state index in [2.05, 4.69) is 0 Å². The first-order valence-electron chi connectivity index (χ1n) is 9.76. The Bertz CT molecular complexity index is 1210. The molecule has 0 radical (unpaired) electrons. The van der Waals surface area contributed by atoms with E-state index >= 15 is 0 Å². The van der Waals surface area contributed by atoms with Crippen molar-refractivity contribution in [2.24, 2.45) is 0 Å². The molecule has 10 heteroatoms. The predicted octanol–water partition coefficient (Wildman–Crippen LogP) is 4.03. The van der Waals surface area contributed by atoms with Crippen LogP contribution in [0, 0.1) is 0 Å². The standard InChI is InChI=1S/C23H20F3NO5S/c24-23(25,26)22(29)27-13-12-16-6-8-18(9-7-16)33(30,31)19-10-11-21(20(28)14-19)32-15-17-4-2-1-3-5-17/h1-11,14,28H,12-13,15H2,(H,27,29). The molecular weight excluding hydrogens is 459 g/mol. The van der Waals surface area contributed by atoms with Gasteiger partial charge in [-0.05, 0) is 41.8 Å². The third-order valence-electron chi connectivity index (χ3n) is 4.67. The summed E-state index contributed by atoms with van der Waals surface area (Å²) in [6.07, 6.45) is -4.86. The van der Waals surface area contributed by atoms with E-state index in [1.807, 2.05) is 30.3 Å². The summed E-state index contributed by atoms with van der Waals surface area (Å²) in [6.45, 7) is -0.0475. The number of aromatic hydroxyl groups is 1. The first-order valence-corrected chi connectivity index (χ1v) is 11.2. The molecule has 0 aliphatic carbocycles. The molecule has 0 aromatic heterocycles. The third-order valence-corrected chi connectivity index (χ3v) is 6.44. The molecule has 33 heavy (non-hydrogen) atoms. The molecule has 0 saturated heterocycles. The summed E-state index contributed by atoms with van der Waals surface area (Å²) in [4.78, 5) is 10.6. The van der Waals surface area contributed by atoms with Gasteiger partial charge in [-0.25, -0.2) is 8.42 Å². The van der Waals surface area contributed by atoms with Crippen LogP contribution in [-0.4, -0.2) is 32.2 Å². The molecule has 0 heterocycles. The van der Waals surface area contributed by atoms with Gasteiger partial charge in [0.25, 0.3) is 0 Å². The van der Waals surface area contributed by atoms with E-state index in [9.17, 15) is 31.5 Å². The SMILES string of the molecule is O=C(NCCc1ccc(S(=O)(=O)c2ccc(OCc3ccccc3)c(O)c2)cc1)C(F)(F)F. The van der Waals surface area contributed by atoms with E-state index in [1.54, 1.807) is 5.32 Å². The van der Waals surface area contributed by atoms with Gasteiger partial charge in [-0.1, -0.05) is 42.5 Å². The largest absolute Gasteiger partial charge is 0.504 e. The number of amides is 1. The quantitative estimate of drug-likeness (QED) is 0.509. The minimum Gasteiger partial charge on any atom is -0.504 e. The number of phenolic OH excluding ortho intramolecular Hbond substituents is 1. The predicted molar refractivity (Wildman–Crippen MR) is 114 cm³/mol. The molecule has 0 aliphatic heterocycles. The number of ether oxygens (including phenoxy) is 1. The number of hydrogen-bond acceptors (Lipinski definition) is 5. The second-order valence-corrected chi connectivity index (χ2v) is 9.00. The van der Waals surface area contributed by atoms with Crippen LogP contribution in [0.1, 0.15) is 11.1 Å². The fraction of sp³-hybridized carbons (Fsp3) is 0.174. The highest BCUT2D eigenvalue weighted by Gasteiger charge is 2.38. The Kier molecular flexibility index (Phi) is 7.27. The first-order chi connectivity index (χ1) is 15.6. The van der Waals surface area contributed by atoms with Gasteiger partial charge in [-0.2, -0.15) is 13.2 Å². The minimum absolute atomic E-state index is 0.0528. The second kappa shape index (κ2) is 9.95. The molecule has 174 valence electrons. The molecule has 0 aliphatic rings. The fourth-order valence-corrected chi connectivity index (χ4v) is 4.19. The van der Waals surface area contributed by atoms with E-state index in [1.165, 1.54) is 36.4 Å². The summed E-state index contributed by atoms with van der Waals surface area (Å²) in [5.74, 6) is -2.23. The van der Waals surface area contributed by atoms with Crippen LogP contribution in [0.15, 0.2) is 82.6 Å². The fourth-order valence-electron chi connectivity index (χ4n) is 2.91. The lowest BCUT2D eigenvalue weighted by Gasteiger charge is -2.11. The number of alkyl halides is 3. The average Bonchev–Trinajstić information content (AvgIpc) is 2.78. The van der Waals surface area contributed by atoms with Crippen LogP contribution in [0.25, 0.3) is 0 Å². The molecule has 0 fully saturated rings. The van der Waals surface area contributed by atoms with Crippen molar-refractivity contribution in [2.45, 2.75) is 29.0 Å². The molecule has 2 N–H and O–H groups in total. The van der Waals surface area contributed by atoms with Crippen LogP contribution in [-0.2, 0) is 27.7 Å². The molecule has 3 aromatic rings. The van der Waals surface area contributed by atoms with Gasteiger partial charge in [0.15, 0.2) is 11.5 Å². The highest BCUT2D eigenvalue weighted by molar-refractivity contribution is 7.91. The average molecular weight is 479 g/mol. The Hall–Kier alpha value is -3.53. The van der Waals surface area contributed by atoms with Crippen LogP contribution in [0.3, 0.4) is 0 Å². The Morgan fingerprint density at radius 3 is 2.15 bits per heavy atom. The molecule has 0 saturated carbocycles. The maximum atomic E-state index is 12.9. The van der Waals surface area contributed by atoms with Crippen LogP contribution in [0.5, 0.6) is 11.5 Å². The maximum absolute atomic E-state index is 12.9. The summed E-state index contributed by atoms with van der Waals surface area (Å²) in [6, 6.07) is 18.5. The number of hydrogen-bond donors (Lipinski definition) is 2. The van der Waals surface area contributed by atoms with Gasteiger partial charge in [0.05, 0.1) is 9.79 Å². The van der Waals surface area contributed by atoms with Crippen molar-refractivity contribution >= 4 is 15.7 Å². The van der Waals surface area contributed by atoms with E-state index in [0.717, 1.165) is 11.6 Å². The molecule has 0 bridgehead atoms. The van der Waals surface area contributed by atoms with E-state index < -0.39 is 21.9 Å².